The standard InChI is InChI=1S/C12H14ClFN4O2S/c1-2-5-18-7-11(12(15)16-18)21(19,20)17-10-6-8(14)3-4-9(10)13/h3-4,6-7,17H,2,5H2,1H3,(H2,15,16). The fourth-order valence-corrected chi connectivity index (χ4v) is 3.11. The lowest BCUT2D eigenvalue weighted by Crippen LogP contribution is -2.14. The quantitative estimate of drug-likeness (QED) is 0.880. The Labute approximate surface area is 126 Å². The van der Waals surface area contributed by atoms with Gasteiger partial charge >= 0.3 is 0 Å². The number of nitrogens with zero attached hydrogens (tertiary/aromatic N) is 2. The number of nitrogens with two attached hydrogens (primary N) is 1. The number of aromatic nitrogens is 2. The van der Waals surface area contributed by atoms with Crippen molar-refractivity contribution < 1.29 is 12.8 Å². The molecule has 2 aromatic rings. The average molecular weight is 333 g/mol. The van der Waals surface area contributed by atoms with Gasteiger partial charge in [0.05, 0.1) is 10.7 Å². The van der Waals surface area contributed by atoms with Gasteiger partial charge in [-0.15, -0.1) is 0 Å². The molecule has 9 heteroatoms. The molecule has 1 aromatic carbocycles. The Balaban J connectivity index is 2.36. The maximum absolute atomic E-state index is 13.2. The van der Waals surface area contributed by atoms with Gasteiger partial charge in [-0.25, -0.2) is 12.8 Å². The third kappa shape index (κ3) is 3.45. The Morgan fingerprint density at radius 3 is 2.86 bits per heavy atom. The minimum Gasteiger partial charge on any atom is -0.381 e. The number of hydrogen-bond donors (Lipinski definition) is 2. The van der Waals surface area contributed by atoms with Crippen molar-refractivity contribution in [2.75, 3.05) is 10.5 Å². The van der Waals surface area contributed by atoms with Crippen LogP contribution in [0.25, 0.3) is 0 Å². The first-order chi connectivity index (χ1) is 9.83. The fourth-order valence-electron chi connectivity index (χ4n) is 1.74. The number of hydrogen-bond acceptors (Lipinski definition) is 4. The van der Waals surface area contributed by atoms with Crippen LogP contribution >= 0.6 is 11.6 Å². The predicted molar refractivity (Wildman–Crippen MR) is 79.1 cm³/mol. The van der Waals surface area contributed by atoms with Crippen LogP contribution in [0.1, 0.15) is 13.3 Å². The van der Waals surface area contributed by atoms with Crippen LogP contribution in [-0.4, -0.2) is 18.2 Å². The van der Waals surface area contributed by atoms with Crippen molar-refractivity contribution in [2.45, 2.75) is 24.8 Å². The Morgan fingerprint density at radius 2 is 2.19 bits per heavy atom. The fraction of sp³-hybridized carbons (Fsp3) is 0.250. The topological polar surface area (TPSA) is 90.0 Å². The van der Waals surface area contributed by atoms with Crippen LogP contribution < -0.4 is 10.5 Å². The second-order valence-corrected chi connectivity index (χ2v) is 6.43. The summed E-state index contributed by atoms with van der Waals surface area (Å²) in [6.45, 7) is 2.47. The van der Waals surface area contributed by atoms with Gasteiger partial charge in [0, 0.05) is 12.7 Å². The first-order valence-corrected chi connectivity index (χ1v) is 8.00. The number of rotatable bonds is 5. The molecule has 114 valence electrons. The highest BCUT2D eigenvalue weighted by atomic mass is 35.5. The van der Waals surface area contributed by atoms with Gasteiger partial charge < -0.3 is 5.73 Å². The molecule has 0 fully saturated rings. The highest BCUT2D eigenvalue weighted by Gasteiger charge is 2.22. The Kier molecular flexibility index (Phi) is 4.38. The summed E-state index contributed by atoms with van der Waals surface area (Å²) in [5, 5.41) is 4.00. The molecule has 0 radical (unpaired) electrons. The van der Waals surface area contributed by atoms with Crippen LogP contribution in [0.2, 0.25) is 5.02 Å². The smallest absolute Gasteiger partial charge is 0.267 e. The summed E-state index contributed by atoms with van der Waals surface area (Å²) in [6.07, 6.45) is 2.11. The Bertz CT molecular complexity index is 761. The van der Waals surface area contributed by atoms with Crippen LogP contribution in [0.4, 0.5) is 15.9 Å². The van der Waals surface area contributed by atoms with E-state index in [2.05, 4.69) is 9.82 Å². The zero-order valence-electron chi connectivity index (χ0n) is 11.2. The molecule has 2 rings (SSSR count). The average Bonchev–Trinajstić information content (AvgIpc) is 2.76. The van der Waals surface area contributed by atoms with Crippen LogP contribution in [0.5, 0.6) is 0 Å². The van der Waals surface area contributed by atoms with E-state index >= 15 is 0 Å². The van der Waals surface area contributed by atoms with Crippen LogP contribution in [0, 0.1) is 5.82 Å². The summed E-state index contributed by atoms with van der Waals surface area (Å²) < 4.78 is 41.4. The number of sulfonamides is 1. The lowest BCUT2D eigenvalue weighted by Gasteiger charge is -2.08. The number of nitrogen functional groups attached to an aromatic ring is 1. The van der Waals surface area contributed by atoms with Crippen molar-refractivity contribution in [3.63, 3.8) is 0 Å². The summed E-state index contributed by atoms with van der Waals surface area (Å²) in [4.78, 5) is -0.170. The van der Waals surface area contributed by atoms with E-state index in [1.807, 2.05) is 6.92 Å². The van der Waals surface area contributed by atoms with Crippen molar-refractivity contribution in [3.05, 3.63) is 35.2 Å². The lowest BCUT2D eigenvalue weighted by molar-refractivity contribution is 0.595. The van der Waals surface area contributed by atoms with Gasteiger partial charge in [0.15, 0.2) is 5.82 Å². The molecule has 0 amide bonds. The van der Waals surface area contributed by atoms with E-state index in [-0.39, 0.29) is 21.4 Å². The normalized spacial score (nSPS) is 11.6. The summed E-state index contributed by atoms with van der Waals surface area (Å²) >= 11 is 5.84. The third-order valence-electron chi connectivity index (χ3n) is 2.67. The molecule has 0 bridgehead atoms. The van der Waals surface area contributed by atoms with E-state index in [4.69, 9.17) is 17.3 Å². The van der Waals surface area contributed by atoms with Crippen molar-refractivity contribution in [2.24, 2.45) is 0 Å². The number of anilines is 2. The summed E-state index contributed by atoms with van der Waals surface area (Å²) in [6, 6.07) is 3.39. The molecule has 6 nitrogen and oxygen atoms in total. The Hall–Kier alpha value is -1.80. The zero-order chi connectivity index (χ0) is 15.6. The van der Waals surface area contributed by atoms with Gasteiger partial charge in [-0.05, 0) is 24.6 Å². The van der Waals surface area contributed by atoms with Crippen molar-refractivity contribution in [1.29, 1.82) is 0 Å². The van der Waals surface area contributed by atoms with E-state index in [1.165, 1.54) is 16.9 Å². The number of halogens is 2. The minimum atomic E-state index is -3.99. The number of aryl methyl sites for hydroxylation is 1. The largest absolute Gasteiger partial charge is 0.381 e. The van der Waals surface area contributed by atoms with E-state index < -0.39 is 15.8 Å². The van der Waals surface area contributed by atoms with Crippen LogP contribution in [-0.2, 0) is 16.6 Å². The molecule has 0 saturated heterocycles. The first kappa shape index (κ1) is 15.6. The van der Waals surface area contributed by atoms with Gasteiger partial charge in [0.2, 0.25) is 0 Å². The molecular formula is C12H14ClFN4O2S. The van der Waals surface area contributed by atoms with Gasteiger partial charge in [-0.1, -0.05) is 18.5 Å². The van der Waals surface area contributed by atoms with Crippen LogP contribution in [0.3, 0.4) is 0 Å². The summed E-state index contributed by atoms with van der Waals surface area (Å²) in [5.74, 6) is -0.727. The summed E-state index contributed by atoms with van der Waals surface area (Å²) in [7, 11) is -3.99. The monoisotopic (exact) mass is 332 g/mol. The number of benzene rings is 1. The van der Waals surface area contributed by atoms with Crippen molar-refractivity contribution >= 4 is 33.1 Å². The van der Waals surface area contributed by atoms with E-state index in [0.717, 1.165) is 18.6 Å². The van der Waals surface area contributed by atoms with Crippen LogP contribution in [0.15, 0.2) is 29.3 Å². The highest BCUT2D eigenvalue weighted by Crippen LogP contribution is 2.26. The highest BCUT2D eigenvalue weighted by molar-refractivity contribution is 7.92. The molecule has 1 aromatic heterocycles. The molecule has 0 aliphatic carbocycles. The lowest BCUT2D eigenvalue weighted by atomic mass is 10.3. The van der Waals surface area contributed by atoms with E-state index in [0.29, 0.717) is 6.54 Å². The molecule has 3 N–H and O–H groups in total. The molecule has 0 spiro atoms. The molecule has 1 heterocycles. The summed E-state index contributed by atoms with van der Waals surface area (Å²) in [5.41, 5.74) is 5.57. The SMILES string of the molecule is CCCn1cc(S(=O)(=O)Nc2cc(F)ccc2Cl)c(N)n1. The molecule has 21 heavy (non-hydrogen) atoms. The van der Waals surface area contributed by atoms with Gasteiger partial charge in [-0.3, -0.25) is 9.40 Å². The predicted octanol–water partition coefficient (Wildman–Crippen LogP) is 2.47. The van der Waals surface area contributed by atoms with Crippen molar-refractivity contribution in [3.8, 4) is 0 Å². The minimum absolute atomic E-state index is 0.0562. The van der Waals surface area contributed by atoms with E-state index in [1.54, 1.807) is 0 Å². The first-order valence-electron chi connectivity index (χ1n) is 6.14. The zero-order valence-corrected chi connectivity index (χ0v) is 12.7. The molecule has 0 aliphatic rings. The van der Waals surface area contributed by atoms with Gasteiger partial charge in [0.25, 0.3) is 10.0 Å². The Morgan fingerprint density at radius 1 is 1.48 bits per heavy atom. The van der Waals surface area contributed by atoms with E-state index in [9.17, 15) is 12.8 Å². The molecule has 0 saturated carbocycles. The molecular weight excluding hydrogens is 319 g/mol. The second kappa shape index (κ2) is 5.90. The number of nitrogens with one attached hydrogen (secondary N) is 1. The van der Waals surface area contributed by atoms with Gasteiger partial charge in [0.1, 0.15) is 10.7 Å². The molecule has 0 atom stereocenters. The van der Waals surface area contributed by atoms with Gasteiger partial charge in [-0.2, -0.15) is 5.10 Å². The van der Waals surface area contributed by atoms with Crippen molar-refractivity contribution in [1.82, 2.24) is 9.78 Å². The maximum atomic E-state index is 13.2. The maximum Gasteiger partial charge on any atom is 0.267 e. The third-order valence-corrected chi connectivity index (χ3v) is 4.38. The second-order valence-electron chi connectivity index (χ2n) is 4.37. The molecule has 0 aliphatic heterocycles. The molecule has 0 unspecified atom stereocenters.